The van der Waals surface area contributed by atoms with E-state index >= 15 is 0 Å². The molecule has 0 saturated heterocycles. The number of fused-ring (bicyclic) bond motifs is 1. The van der Waals surface area contributed by atoms with Crippen molar-refractivity contribution in [3.63, 3.8) is 0 Å². The van der Waals surface area contributed by atoms with Gasteiger partial charge in [-0.05, 0) is 33.1 Å². The van der Waals surface area contributed by atoms with Gasteiger partial charge in [-0.2, -0.15) is 0 Å². The molecule has 0 aliphatic rings. The third kappa shape index (κ3) is 7.05. The minimum atomic E-state index is -0.235. The first-order chi connectivity index (χ1) is 17.6. The average molecular weight is 515 g/mol. The minimum Gasteiger partial charge on any atom is -0.502 e. The summed E-state index contributed by atoms with van der Waals surface area (Å²) in [4.78, 5) is 13.2. The second kappa shape index (κ2) is 14.1. The van der Waals surface area contributed by atoms with Gasteiger partial charge in [-0.25, -0.2) is 0 Å². The quantitative estimate of drug-likeness (QED) is 0.321. The highest BCUT2D eigenvalue weighted by atomic mass is 16.5. The van der Waals surface area contributed by atoms with Gasteiger partial charge in [-0.1, -0.05) is 49.8 Å². The van der Waals surface area contributed by atoms with Crippen molar-refractivity contribution in [3.05, 3.63) is 63.6 Å². The van der Waals surface area contributed by atoms with Crippen LogP contribution < -0.4 is 14.9 Å². The number of hydrogen-bond donors (Lipinski definition) is 1. The second-order valence-electron chi connectivity index (χ2n) is 9.37. The average Bonchev–Trinajstić information content (AvgIpc) is 2.90. The first-order valence-corrected chi connectivity index (χ1v) is 12.6. The van der Waals surface area contributed by atoms with Gasteiger partial charge in [0.1, 0.15) is 16.9 Å². The first-order valence-electron chi connectivity index (χ1n) is 12.6. The fourth-order valence-corrected chi connectivity index (χ4v) is 4.61. The number of phenolic OH excluding ortho intramolecular Hbond substituents is 1. The van der Waals surface area contributed by atoms with Crippen LogP contribution in [0.3, 0.4) is 0 Å². The predicted octanol–water partition coefficient (Wildman–Crippen LogP) is 6.14. The zero-order valence-electron chi connectivity index (χ0n) is 23.6. The maximum Gasteiger partial charge on any atom is 0.202 e. The Morgan fingerprint density at radius 3 is 2.32 bits per heavy atom. The minimum absolute atomic E-state index is 0.0666. The summed E-state index contributed by atoms with van der Waals surface area (Å²) in [6.07, 6.45) is 11.1. The van der Waals surface area contributed by atoms with Crippen LogP contribution in [0.5, 0.6) is 17.2 Å². The topological polar surface area (TPSA) is 87.4 Å². The lowest BCUT2D eigenvalue weighted by Gasteiger charge is -2.32. The number of hydrogen-bond acceptors (Lipinski definition) is 7. The summed E-state index contributed by atoms with van der Waals surface area (Å²) < 4.78 is 28.3. The summed E-state index contributed by atoms with van der Waals surface area (Å²) in [6.45, 7) is 10.0. The van der Waals surface area contributed by atoms with Crippen LogP contribution in [0, 0.1) is 18.8 Å². The van der Waals surface area contributed by atoms with Gasteiger partial charge in [0, 0.05) is 38.2 Å². The van der Waals surface area contributed by atoms with Crippen LogP contribution in [0.2, 0.25) is 0 Å². The van der Waals surface area contributed by atoms with Gasteiger partial charge in [-0.3, -0.25) is 4.79 Å². The largest absolute Gasteiger partial charge is 0.502 e. The third-order valence-electron chi connectivity index (χ3n) is 7.03. The maximum absolute atomic E-state index is 13.2. The monoisotopic (exact) mass is 514 g/mol. The Balaban J connectivity index is 2.27. The van der Waals surface area contributed by atoms with Gasteiger partial charge in [-0.15, -0.1) is 0 Å². The molecular formula is C30H42O7. The van der Waals surface area contributed by atoms with E-state index in [-0.39, 0.29) is 51.9 Å². The van der Waals surface area contributed by atoms with E-state index in [1.165, 1.54) is 25.9 Å². The summed E-state index contributed by atoms with van der Waals surface area (Å²) in [5.41, 5.74) is 1.51. The maximum atomic E-state index is 13.2. The van der Waals surface area contributed by atoms with Crippen molar-refractivity contribution in [2.45, 2.75) is 59.7 Å². The molecule has 1 heterocycles. The molecule has 1 N–H and O–H groups in total. The molecule has 4 atom stereocenters. The van der Waals surface area contributed by atoms with Crippen molar-refractivity contribution in [2.24, 2.45) is 11.8 Å². The van der Waals surface area contributed by atoms with Crippen LogP contribution in [0.15, 0.2) is 51.2 Å². The van der Waals surface area contributed by atoms with Gasteiger partial charge in [0.25, 0.3) is 0 Å². The van der Waals surface area contributed by atoms with E-state index in [1.54, 1.807) is 21.1 Å². The number of phenols is 1. The van der Waals surface area contributed by atoms with E-state index in [2.05, 4.69) is 26.8 Å². The molecule has 0 radical (unpaired) electrons. The summed E-state index contributed by atoms with van der Waals surface area (Å²) in [5.74, 6) is 0.995. The lowest BCUT2D eigenvalue weighted by atomic mass is 9.85. The normalized spacial score (nSPS) is 15.9. The van der Waals surface area contributed by atoms with Crippen molar-refractivity contribution >= 4 is 11.0 Å². The SMILES string of the molecule is C/C=C(C)/C=C/C=C/C(OC)[C@@H](C)[C@H](OC)[C@@H](C)CCc1oc2c(O)c(OC)cc(OC)c2c(=O)c1C. The van der Waals surface area contributed by atoms with Gasteiger partial charge in [0.2, 0.25) is 5.75 Å². The lowest BCUT2D eigenvalue weighted by Crippen LogP contribution is -2.36. The lowest BCUT2D eigenvalue weighted by molar-refractivity contribution is -0.0343. The van der Waals surface area contributed by atoms with Crippen LogP contribution in [0.4, 0.5) is 0 Å². The number of aryl methyl sites for hydroxylation is 1. The molecule has 0 aliphatic carbocycles. The summed E-state index contributed by atoms with van der Waals surface area (Å²) in [6, 6.07) is 1.48. The predicted molar refractivity (Wildman–Crippen MR) is 148 cm³/mol. The van der Waals surface area contributed by atoms with E-state index < -0.39 is 0 Å². The number of ether oxygens (including phenoxy) is 4. The molecule has 0 bridgehead atoms. The fourth-order valence-electron chi connectivity index (χ4n) is 4.61. The molecule has 0 amide bonds. The molecular weight excluding hydrogens is 472 g/mol. The standard InChI is InChI=1S/C30H42O7/c1-10-18(2)13-11-12-14-22(33-6)21(5)29(36-9)19(3)15-16-23-20(4)27(31)26-24(34-7)17-25(35-8)28(32)30(26)37-23/h10-14,17,19,21-22,29,32H,15-16H2,1-9H3/b13-11+,14-12+,18-10+/t19-,21+,22?,29+/m0/s1. The highest BCUT2D eigenvalue weighted by Gasteiger charge is 2.29. The number of benzene rings is 1. The molecule has 1 aromatic carbocycles. The van der Waals surface area contributed by atoms with Crippen molar-refractivity contribution in [2.75, 3.05) is 28.4 Å². The third-order valence-corrected chi connectivity index (χ3v) is 7.03. The smallest absolute Gasteiger partial charge is 0.202 e. The van der Waals surface area contributed by atoms with Gasteiger partial charge >= 0.3 is 0 Å². The summed E-state index contributed by atoms with van der Waals surface area (Å²) in [5, 5.41) is 10.8. The molecule has 2 rings (SSSR count). The van der Waals surface area contributed by atoms with E-state index in [1.807, 2.05) is 31.2 Å². The number of rotatable bonds is 13. The molecule has 1 unspecified atom stereocenters. The summed E-state index contributed by atoms with van der Waals surface area (Å²) in [7, 11) is 6.31. The number of allylic oxidation sites excluding steroid dienone is 5. The summed E-state index contributed by atoms with van der Waals surface area (Å²) >= 11 is 0. The molecule has 1 aromatic heterocycles. The van der Waals surface area contributed by atoms with Gasteiger partial charge < -0.3 is 28.5 Å². The Morgan fingerprint density at radius 1 is 1.08 bits per heavy atom. The van der Waals surface area contributed by atoms with Crippen molar-refractivity contribution in [3.8, 4) is 17.2 Å². The first kappa shape index (κ1) is 30.2. The second-order valence-corrected chi connectivity index (χ2v) is 9.37. The van der Waals surface area contributed by atoms with Crippen LogP contribution in [-0.4, -0.2) is 45.8 Å². The molecule has 2 aromatic rings. The van der Waals surface area contributed by atoms with Crippen molar-refractivity contribution in [1.82, 2.24) is 0 Å². The molecule has 37 heavy (non-hydrogen) atoms. The highest BCUT2D eigenvalue weighted by Crippen LogP contribution is 2.40. The van der Waals surface area contributed by atoms with E-state index in [0.717, 1.165) is 0 Å². The molecule has 0 saturated carbocycles. The van der Waals surface area contributed by atoms with E-state index in [9.17, 15) is 9.90 Å². The van der Waals surface area contributed by atoms with Crippen LogP contribution in [0.25, 0.3) is 11.0 Å². The van der Waals surface area contributed by atoms with Crippen LogP contribution in [-0.2, 0) is 15.9 Å². The number of aromatic hydroxyl groups is 1. The van der Waals surface area contributed by atoms with Crippen LogP contribution >= 0.6 is 0 Å². The Kier molecular flexibility index (Phi) is 11.5. The molecule has 0 fully saturated rings. The van der Waals surface area contributed by atoms with Gasteiger partial charge in [0.15, 0.2) is 16.8 Å². The zero-order valence-corrected chi connectivity index (χ0v) is 23.6. The Hall–Kier alpha value is -3.03. The molecule has 7 heteroatoms. The number of methoxy groups -OCH3 is 4. The zero-order chi connectivity index (χ0) is 27.7. The van der Waals surface area contributed by atoms with E-state index in [4.69, 9.17) is 23.4 Å². The molecule has 204 valence electrons. The molecule has 7 nitrogen and oxygen atoms in total. The molecule has 0 spiro atoms. The van der Waals surface area contributed by atoms with Crippen LogP contribution in [0.1, 0.15) is 45.4 Å². The molecule has 0 aliphatic heterocycles. The van der Waals surface area contributed by atoms with Gasteiger partial charge in [0.05, 0.1) is 26.4 Å². The highest BCUT2D eigenvalue weighted by molar-refractivity contribution is 5.91. The van der Waals surface area contributed by atoms with Crippen molar-refractivity contribution in [1.29, 1.82) is 0 Å². The van der Waals surface area contributed by atoms with E-state index in [0.29, 0.717) is 29.9 Å². The Bertz CT molecular complexity index is 1190. The fraction of sp³-hybridized carbons (Fsp3) is 0.500. The van der Waals surface area contributed by atoms with Crippen molar-refractivity contribution < 1.29 is 28.5 Å². The Labute approximate surface area is 220 Å². The Morgan fingerprint density at radius 2 is 1.76 bits per heavy atom.